The summed E-state index contributed by atoms with van der Waals surface area (Å²) >= 11 is 0. The van der Waals surface area contributed by atoms with E-state index in [0.717, 1.165) is 5.65 Å². The van der Waals surface area contributed by atoms with Gasteiger partial charge in [0.1, 0.15) is 5.65 Å². The van der Waals surface area contributed by atoms with Gasteiger partial charge in [-0.15, -0.1) is 0 Å². The molecule has 0 fully saturated rings. The first-order valence-corrected chi connectivity index (χ1v) is 5.62. The topological polar surface area (TPSA) is 79.5 Å². The number of carbonyl (C=O) groups excluding carboxylic acids is 1. The zero-order chi connectivity index (χ0) is 13.2. The predicted molar refractivity (Wildman–Crippen MR) is 69.0 cm³/mol. The van der Waals surface area contributed by atoms with Crippen LogP contribution in [-0.2, 0) is 0 Å². The van der Waals surface area contributed by atoms with E-state index in [1.807, 2.05) is 0 Å². The summed E-state index contributed by atoms with van der Waals surface area (Å²) in [7, 11) is 0. The summed E-state index contributed by atoms with van der Waals surface area (Å²) in [5, 5.41) is 12.1. The van der Waals surface area contributed by atoms with E-state index in [1.54, 1.807) is 41.2 Å². The molecule has 3 aromatic rings. The van der Waals surface area contributed by atoms with Gasteiger partial charge >= 0.3 is 0 Å². The normalized spacial score (nSPS) is 10.5. The summed E-state index contributed by atoms with van der Waals surface area (Å²) in [5.41, 5.74) is 1.22. The molecule has 0 aliphatic carbocycles. The quantitative estimate of drug-likeness (QED) is 0.729. The summed E-state index contributed by atoms with van der Waals surface area (Å²) in [5.74, 6) is -0.276. The lowest BCUT2D eigenvalue weighted by atomic mass is 10.2. The lowest BCUT2D eigenvalue weighted by Gasteiger charge is -2.06. The molecular weight excluding hydrogens is 244 g/mol. The second-order valence-electron chi connectivity index (χ2n) is 3.94. The minimum Gasteiger partial charge on any atom is -0.504 e. The molecule has 1 amide bonds. The number of nitrogens with zero attached hydrogens (tertiary/aromatic N) is 3. The van der Waals surface area contributed by atoms with Gasteiger partial charge in [0.2, 0.25) is 0 Å². The molecule has 6 heteroatoms. The van der Waals surface area contributed by atoms with Crippen LogP contribution in [0.25, 0.3) is 5.65 Å². The molecule has 0 unspecified atom stereocenters. The Hall–Kier alpha value is -2.89. The van der Waals surface area contributed by atoms with Crippen LogP contribution in [0, 0.1) is 0 Å². The number of hydrogen-bond acceptors (Lipinski definition) is 4. The number of aromatic nitrogens is 3. The first kappa shape index (κ1) is 11.2. The van der Waals surface area contributed by atoms with Crippen LogP contribution in [0.5, 0.6) is 5.75 Å². The van der Waals surface area contributed by atoms with Crippen molar-refractivity contribution < 1.29 is 9.90 Å². The van der Waals surface area contributed by atoms with Crippen molar-refractivity contribution in [3.63, 3.8) is 0 Å². The van der Waals surface area contributed by atoms with E-state index >= 15 is 0 Å². The van der Waals surface area contributed by atoms with E-state index < -0.39 is 0 Å². The van der Waals surface area contributed by atoms with Crippen molar-refractivity contribution in [3.8, 4) is 5.75 Å². The van der Waals surface area contributed by atoms with Gasteiger partial charge in [0.05, 0.1) is 5.56 Å². The van der Waals surface area contributed by atoms with Gasteiger partial charge in [-0.25, -0.2) is 9.97 Å². The Bertz CT molecular complexity index is 751. The molecule has 19 heavy (non-hydrogen) atoms. The third kappa shape index (κ3) is 2.11. The number of hydrogen-bond donors (Lipinski definition) is 2. The highest BCUT2D eigenvalue weighted by molar-refractivity contribution is 6.04. The van der Waals surface area contributed by atoms with Crippen LogP contribution in [0.4, 0.5) is 5.82 Å². The van der Waals surface area contributed by atoms with Crippen molar-refractivity contribution in [1.82, 2.24) is 14.4 Å². The van der Waals surface area contributed by atoms with Gasteiger partial charge < -0.3 is 14.8 Å². The number of nitrogens with one attached hydrogen (secondary N) is 1. The van der Waals surface area contributed by atoms with E-state index in [0.29, 0.717) is 5.56 Å². The summed E-state index contributed by atoms with van der Waals surface area (Å²) in [6.45, 7) is 0. The fraction of sp³-hybridized carbons (Fsp3) is 0. The third-order valence-corrected chi connectivity index (χ3v) is 2.67. The fourth-order valence-corrected chi connectivity index (χ4v) is 1.73. The van der Waals surface area contributed by atoms with Gasteiger partial charge in [0.25, 0.3) is 5.91 Å². The molecule has 0 saturated carbocycles. The zero-order valence-corrected chi connectivity index (χ0v) is 9.82. The molecule has 3 aromatic heterocycles. The summed E-state index contributed by atoms with van der Waals surface area (Å²) in [6.07, 6.45) is 6.57. The monoisotopic (exact) mass is 254 g/mol. The molecule has 0 radical (unpaired) electrons. The highest BCUT2D eigenvalue weighted by atomic mass is 16.3. The van der Waals surface area contributed by atoms with Gasteiger partial charge in [0.15, 0.2) is 11.6 Å². The number of rotatable bonds is 2. The largest absolute Gasteiger partial charge is 0.504 e. The molecule has 0 aromatic carbocycles. The number of amides is 1. The first-order chi connectivity index (χ1) is 9.24. The lowest BCUT2D eigenvalue weighted by Crippen LogP contribution is -2.13. The maximum absolute atomic E-state index is 12.0. The van der Waals surface area contributed by atoms with E-state index in [1.165, 1.54) is 12.3 Å². The molecule has 0 atom stereocenters. The Labute approximate surface area is 108 Å². The van der Waals surface area contributed by atoms with Crippen LogP contribution in [0.2, 0.25) is 0 Å². The van der Waals surface area contributed by atoms with Gasteiger partial charge in [0, 0.05) is 24.8 Å². The van der Waals surface area contributed by atoms with Crippen LogP contribution in [0.1, 0.15) is 10.4 Å². The number of aromatic hydroxyl groups is 1. The molecule has 0 aliphatic heterocycles. The average Bonchev–Trinajstić information content (AvgIpc) is 2.88. The Morgan fingerprint density at radius 3 is 2.95 bits per heavy atom. The van der Waals surface area contributed by atoms with Crippen molar-refractivity contribution in [2.75, 3.05) is 5.32 Å². The highest BCUT2D eigenvalue weighted by Gasteiger charge is 2.10. The number of anilines is 1. The standard InChI is InChI=1S/C13H10N4O2/c18-10-2-1-5-15-12(10)16-13(19)9-3-4-11-14-6-7-17(11)8-9/h1-8,18H,(H,15,16,19). The Morgan fingerprint density at radius 1 is 1.21 bits per heavy atom. The summed E-state index contributed by atoms with van der Waals surface area (Å²) in [6, 6.07) is 6.45. The number of imidazole rings is 1. The van der Waals surface area contributed by atoms with Gasteiger partial charge in [-0.2, -0.15) is 0 Å². The van der Waals surface area contributed by atoms with Crippen LogP contribution in [0.3, 0.4) is 0 Å². The molecule has 0 spiro atoms. The minimum absolute atomic E-state index is 0.0699. The molecule has 0 bridgehead atoms. The molecular formula is C13H10N4O2. The fourth-order valence-electron chi connectivity index (χ4n) is 1.73. The second-order valence-corrected chi connectivity index (χ2v) is 3.94. The summed E-state index contributed by atoms with van der Waals surface area (Å²) in [4.78, 5) is 20.0. The van der Waals surface area contributed by atoms with Crippen LogP contribution in [0.15, 0.2) is 49.1 Å². The van der Waals surface area contributed by atoms with Crippen molar-refractivity contribution in [1.29, 1.82) is 0 Å². The van der Waals surface area contributed by atoms with Crippen molar-refractivity contribution in [2.24, 2.45) is 0 Å². The zero-order valence-electron chi connectivity index (χ0n) is 9.82. The Balaban J connectivity index is 1.89. The first-order valence-electron chi connectivity index (χ1n) is 5.62. The lowest BCUT2D eigenvalue weighted by molar-refractivity contribution is 0.102. The van der Waals surface area contributed by atoms with Gasteiger partial charge in [-0.3, -0.25) is 4.79 Å². The van der Waals surface area contributed by atoms with E-state index in [9.17, 15) is 9.90 Å². The highest BCUT2D eigenvalue weighted by Crippen LogP contribution is 2.19. The molecule has 0 aliphatic rings. The van der Waals surface area contributed by atoms with Gasteiger partial charge in [-0.05, 0) is 24.3 Å². The van der Waals surface area contributed by atoms with E-state index in [-0.39, 0.29) is 17.5 Å². The Morgan fingerprint density at radius 2 is 2.11 bits per heavy atom. The molecule has 3 rings (SSSR count). The maximum atomic E-state index is 12.0. The minimum atomic E-state index is -0.343. The SMILES string of the molecule is O=C(Nc1ncccc1O)c1ccc2nccn2c1. The molecule has 3 heterocycles. The summed E-state index contributed by atoms with van der Waals surface area (Å²) < 4.78 is 1.74. The second kappa shape index (κ2) is 4.41. The van der Waals surface area contributed by atoms with E-state index in [4.69, 9.17) is 0 Å². The average molecular weight is 254 g/mol. The number of pyridine rings is 2. The van der Waals surface area contributed by atoms with Crippen molar-refractivity contribution in [3.05, 3.63) is 54.6 Å². The molecule has 0 saturated heterocycles. The Kier molecular flexibility index (Phi) is 2.60. The maximum Gasteiger partial charge on any atom is 0.258 e. The van der Waals surface area contributed by atoms with Crippen LogP contribution < -0.4 is 5.32 Å². The predicted octanol–water partition coefficient (Wildman–Crippen LogP) is 1.69. The van der Waals surface area contributed by atoms with Gasteiger partial charge in [-0.1, -0.05) is 0 Å². The molecule has 2 N–H and O–H groups in total. The third-order valence-electron chi connectivity index (χ3n) is 2.67. The van der Waals surface area contributed by atoms with Crippen LogP contribution >= 0.6 is 0 Å². The van der Waals surface area contributed by atoms with E-state index in [2.05, 4.69) is 15.3 Å². The van der Waals surface area contributed by atoms with Crippen molar-refractivity contribution >= 4 is 17.4 Å². The smallest absolute Gasteiger partial charge is 0.258 e. The van der Waals surface area contributed by atoms with Crippen LogP contribution in [-0.4, -0.2) is 25.4 Å². The van der Waals surface area contributed by atoms with Crippen molar-refractivity contribution in [2.45, 2.75) is 0 Å². The molecule has 94 valence electrons. The number of fused-ring (bicyclic) bond motifs is 1. The molecule has 6 nitrogen and oxygen atoms in total. The number of carbonyl (C=O) groups is 1.